The van der Waals surface area contributed by atoms with Crippen molar-refractivity contribution < 1.29 is 4.79 Å². The average molecular weight is 127 g/mol. The monoisotopic (exact) mass is 127 g/mol. The Hall–Kier alpha value is -0.790. The summed E-state index contributed by atoms with van der Waals surface area (Å²) >= 11 is 0. The number of hydrogen-bond donors (Lipinski definition) is 0. The van der Waals surface area contributed by atoms with E-state index >= 15 is 0 Å². The van der Waals surface area contributed by atoms with Crippen molar-refractivity contribution in [3.8, 4) is 0 Å². The van der Waals surface area contributed by atoms with Gasteiger partial charge in [-0.25, -0.2) is 0 Å². The zero-order valence-electron chi connectivity index (χ0n) is 6.43. The fourth-order valence-corrected chi connectivity index (χ4v) is 0.442. The van der Waals surface area contributed by atoms with Gasteiger partial charge in [-0.05, 0) is 13.8 Å². The van der Waals surface area contributed by atoms with Crippen LogP contribution in [-0.4, -0.2) is 17.9 Å². The summed E-state index contributed by atoms with van der Waals surface area (Å²) in [6.07, 6.45) is 1.90. The number of allylic oxidation sites excluding steroid dienone is 2. The first kappa shape index (κ1) is 8.21. The molecule has 0 bridgehead atoms. The Morgan fingerprint density at radius 1 is 1.44 bits per heavy atom. The average Bonchev–Trinajstić information content (AvgIpc) is 1.84. The molecule has 0 radical (unpaired) electrons. The summed E-state index contributed by atoms with van der Waals surface area (Å²) < 4.78 is 0. The molecule has 0 aliphatic heterocycles. The quantitative estimate of drug-likeness (QED) is 0.521. The smallest absolute Gasteiger partial charge is 0.223 e. The molecule has 0 saturated heterocycles. The van der Waals surface area contributed by atoms with E-state index in [-0.39, 0.29) is 5.91 Å². The first-order valence-corrected chi connectivity index (χ1v) is 2.96. The topological polar surface area (TPSA) is 20.3 Å². The molecule has 0 aromatic rings. The minimum Gasteiger partial charge on any atom is -0.320 e. The second kappa shape index (κ2) is 3.28. The first-order chi connectivity index (χ1) is 4.09. The summed E-state index contributed by atoms with van der Waals surface area (Å²) in [7, 11) is 1.76. The molecular weight excluding hydrogens is 114 g/mol. The van der Waals surface area contributed by atoms with Crippen molar-refractivity contribution in [2.45, 2.75) is 20.8 Å². The van der Waals surface area contributed by atoms with Crippen LogP contribution in [0.1, 0.15) is 20.8 Å². The summed E-state index contributed by atoms with van der Waals surface area (Å²) in [5.41, 5.74) is 0.988. The van der Waals surface area contributed by atoms with Crippen molar-refractivity contribution in [1.82, 2.24) is 4.90 Å². The van der Waals surface area contributed by atoms with E-state index in [4.69, 9.17) is 0 Å². The van der Waals surface area contributed by atoms with Crippen LogP contribution in [0.15, 0.2) is 11.8 Å². The fraction of sp³-hybridized carbons (Fsp3) is 0.571. The van der Waals surface area contributed by atoms with Gasteiger partial charge in [-0.1, -0.05) is 6.08 Å². The van der Waals surface area contributed by atoms with Crippen LogP contribution in [0.5, 0.6) is 0 Å². The molecule has 0 fully saturated rings. The number of nitrogens with zero attached hydrogens (tertiary/aromatic N) is 1. The summed E-state index contributed by atoms with van der Waals surface area (Å²) in [4.78, 5) is 12.2. The van der Waals surface area contributed by atoms with E-state index in [1.54, 1.807) is 18.9 Å². The molecule has 0 saturated carbocycles. The van der Waals surface area contributed by atoms with Crippen LogP contribution < -0.4 is 0 Å². The van der Waals surface area contributed by atoms with Crippen molar-refractivity contribution in [2.75, 3.05) is 7.05 Å². The highest BCUT2D eigenvalue weighted by molar-refractivity contribution is 5.74. The number of hydrogen-bond acceptors (Lipinski definition) is 1. The third-order valence-electron chi connectivity index (χ3n) is 1.42. The van der Waals surface area contributed by atoms with Gasteiger partial charge in [-0.2, -0.15) is 0 Å². The lowest BCUT2D eigenvalue weighted by molar-refractivity contribution is -0.125. The van der Waals surface area contributed by atoms with E-state index in [1.807, 2.05) is 19.9 Å². The zero-order chi connectivity index (χ0) is 7.44. The van der Waals surface area contributed by atoms with Crippen LogP contribution in [0.3, 0.4) is 0 Å². The van der Waals surface area contributed by atoms with E-state index < -0.39 is 0 Å². The molecule has 0 spiro atoms. The van der Waals surface area contributed by atoms with E-state index in [2.05, 4.69) is 0 Å². The van der Waals surface area contributed by atoms with E-state index in [0.717, 1.165) is 5.70 Å². The molecule has 2 nitrogen and oxygen atoms in total. The highest BCUT2D eigenvalue weighted by atomic mass is 16.2. The lowest BCUT2D eigenvalue weighted by Gasteiger charge is -2.13. The van der Waals surface area contributed by atoms with Gasteiger partial charge >= 0.3 is 0 Å². The van der Waals surface area contributed by atoms with Crippen molar-refractivity contribution in [2.24, 2.45) is 0 Å². The van der Waals surface area contributed by atoms with Gasteiger partial charge in [0.15, 0.2) is 0 Å². The predicted molar refractivity (Wildman–Crippen MR) is 37.9 cm³/mol. The Bertz CT molecular complexity index is 138. The molecule has 0 aliphatic carbocycles. The summed E-state index contributed by atoms with van der Waals surface area (Å²) in [5, 5.41) is 0. The van der Waals surface area contributed by atoms with Crippen LogP contribution in [0.2, 0.25) is 0 Å². The Kier molecular flexibility index (Phi) is 2.99. The van der Waals surface area contributed by atoms with Crippen molar-refractivity contribution >= 4 is 5.91 Å². The van der Waals surface area contributed by atoms with Crippen LogP contribution in [0, 0.1) is 0 Å². The summed E-state index contributed by atoms with van der Waals surface area (Å²) in [6, 6.07) is 0. The van der Waals surface area contributed by atoms with Crippen molar-refractivity contribution in [3.05, 3.63) is 11.8 Å². The largest absolute Gasteiger partial charge is 0.320 e. The maximum absolute atomic E-state index is 10.6. The van der Waals surface area contributed by atoms with Crippen LogP contribution in [0.25, 0.3) is 0 Å². The van der Waals surface area contributed by atoms with Gasteiger partial charge in [0.05, 0.1) is 0 Å². The number of carbonyl (C=O) groups excluding carboxylic acids is 1. The lowest BCUT2D eigenvalue weighted by atomic mass is 10.4. The van der Waals surface area contributed by atoms with Crippen LogP contribution >= 0.6 is 0 Å². The molecule has 0 unspecified atom stereocenters. The predicted octanol–water partition coefficient (Wildman–Crippen LogP) is 1.39. The van der Waals surface area contributed by atoms with Crippen molar-refractivity contribution in [3.63, 3.8) is 0 Å². The van der Waals surface area contributed by atoms with Gasteiger partial charge in [-0.15, -0.1) is 0 Å². The SMILES string of the molecule is CC=C(C)N(C)C(C)=O. The lowest BCUT2D eigenvalue weighted by Crippen LogP contribution is -2.21. The molecule has 9 heavy (non-hydrogen) atoms. The molecule has 0 heterocycles. The van der Waals surface area contributed by atoms with Crippen LogP contribution in [0.4, 0.5) is 0 Å². The highest BCUT2D eigenvalue weighted by Crippen LogP contribution is 1.97. The van der Waals surface area contributed by atoms with Gasteiger partial charge in [0, 0.05) is 19.7 Å². The fourth-order valence-electron chi connectivity index (χ4n) is 0.442. The van der Waals surface area contributed by atoms with E-state index in [9.17, 15) is 4.79 Å². The molecule has 52 valence electrons. The highest BCUT2D eigenvalue weighted by Gasteiger charge is 2.00. The Morgan fingerprint density at radius 3 is 2.00 bits per heavy atom. The molecule has 0 aromatic carbocycles. The maximum Gasteiger partial charge on any atom is 0.223 e. The van der Waals surface area contributed by atoms with Gasteiger partial charge < -0.3 is 4.90 Å². The molecule has 0 aliphatic rings. The third kappa shape index (κ3) is 2.31. The number of amides is 1. The van der Waals surface area contributed by atoms with Crippen molar-refractivity contribution in [1.29, 1.82) is 0 Å². The maximum atomic E-state index is 10.6. The second-order valence-corrected chi connectivity index (χ2v) is 2.01. The summed E-state index contributed by atoms with van der Waals surface area (Å²) in [5.74, 6) is 0.0746. The number of rotatable bonds is 1. The second-order valence-electron chi connectivity index (χ2n) is 2.01. The van der Waals surface area contributed by atoms with Gasteiger partial charge in [0.2, 0.25) is 5.91 Å². The first-order valence-electron chi connectivity index (χ1n) is 2.96. The summed E-state index contributed by atoms with van der Waals surface area (Å²) in [6.45, 7) is 5.36. The molecule has 0 atom stereocenters. The molecule has 0 aromatic heterocycles. The Balaban J connectivity index is 4.04. The van der Waals surface area contributed by atoms with Gasteiger partial charge in [0.1, 0.15) is 0 Å². The van der Waals surface area contributed by atoms with Gasteiger partial charge in [0.25, 0.3) is 0 Å². The number of carbonyl (C=O) groups is 1. The van der Waals surface area contributed by atoms with Crippen LogP contribution in [-0.2, 0) is 4.79 Å². The standard InChI is InChI=1S/C7H13NO/c1-5-6(2)8(4)7(3)9/h5H,1-4H3. The Morgan fingerprint density at radius 2 is 1.89 bits per heavy atom. The van der Waals surface area contributed by atoms with E-state index in [1.165, 1.54) is 0 Å². The zero-order valence-corrected chi connectivity index (χ0v) is 6.43. The van der Waals surface area contributed by atoms with E-state index in [0.29, 0.717) is 0 Å². The minimum absolute atomic E-state index is 0.0746. The molecule has 0 rings (SSSR count). The third-order valence-corrected chi connectivity index (χ3v) is 1.42. The normalized spacial score (nSPS) is 11.3. The molecule has 2 heteroatoms. The molecular formula is C7H13NO. The minimum atomic E-state index is 0.0746. The molecule has 1 amide bonds. The van der Waals surface area contributed by atoms with Gasteiger partial charge in [-0.3, -0.25) is 4.79 Å². The molecule has 0 N–H and O–H groups in total. The Labute approximate surface area is 56.2 Å².